The van der Waals surface area contributed by atoms with Crippen LogP contribution in [-0.2, 0) is 6.61 Å². The van der Waals surface area contributed by atoms with Gasteiger partial charge in [-0.05, 0) is 85.2 Å². The Kier molecular flexibility index (Phi) is 7.40. The maximum atomic E-state index is 12.8. The molecule has 0 radical (unpaired) electrons. The van der Waals surface area contributed by atoms with Crippen molar-refractivity contribution in [2.24, 2.45) is 0 Å². The average molecular weight is 437 g/mol. The Labute approximate surface area is 186 Å². The first-order chi connectivity index (χ1) is 14.9. The third kappa shape index (κ3) is 6.42. The number of nitrogens with zero attached hydrogens (tertiary/aromatic N) is 1. The quantitative estimate of drug-likeness (QED) is 0.399. The lowest BCUT2D eigenvalue weighted by atomic mass is 10.1. The van der Waals surface area contributed by atoms with Gasteiger partial charge in [-0.15, -0.1) is 0 Å². The molecule has 0 aliphatic carbocycles. The zero-order valence-electron chi connectivity index (χ0n) is 17.6. The fourth-order valence-corrected chi connectivity index (χ4v) is 3.14. The average Bonchev–Trinajstić information content (AvgIpc) is 2.76. The number of rotatable bonds is 6. The van der Waals surface area contributed by atoms with Crippen LogP contribution in [0.3, 0.4) is 0 Å². The molecular formula is C23H24N4O3S. The third-order valence-electron chi connectivity index (χ3n) is 4.34. The molecule has 0 aliphatic rings. The molecule has 1 aromatic heterocycles. The van der Waals surface area contributed by atoms with Crippen molar-refractivity contribution in [1.29, 1.82) is 0 Å². The van der Waals surface area contributed by atoms with Crippen molar-refractivity contribution in [2.75, 3.05) is 12.4 Å². The Hall–Kier alpha value is -3.65. The van der Waals surface area contributed by atoms with Crippen molar-refractivity contribution in [1.82, 2.24) is 15.8 Å². The number of thiocarbonyl (C=S) groups is 1. The topological polar surface area (TPSA) is 84.5 Å². The summed E-state index contributed by atoms with van der Waals surface area (Å²) in [7, 11) is 1.54. The predicted molar refractivity (Wildman–Crippen MR) is 124 cm³/mol. The number of aromatic nitrogens is 1. The fourth-order valence-electron chi connectivity index (χ4n) is 2.97. The van der Waals surface area contributed by atoms with E-state index < -0.39 is 5.91 Å². The summed E-state index contributed by atoms with van der Waals surface area (Å²) in [4.78, 5) is 16.8. The number of nitrogens with one attached hydrogen (secondary N) is 3. The van der Waals surface area contributed by atoms with E-state index in [1.54, 1.807) is 30.6 Å². The first kappa shape index (κ1) is 22.0. The minimum absolute atomic E-state index is 0.264. The summed E-state index contributed by atoms with van der Waals surface area (Å²) in [6.07, 6.45) is 3.38. The number of benzene rings is 2. The van der Waals surface area contributed by atoms with E-state index in [-0.39, 0.29) is 5.11 Å². The molecular weight excluding hydrogens is 412 g/mol. The number of hydrogen-bond donors (Lipinski definition) is 3. The maximum absolute atomic E-state index is 12.8. The molecule has 0 spiro atoms. The van der Waals surface area contributed by atoms with Crippen molar-refractivity contribution >= 4 is 28.9 Å². The number of ether oxygens (including phenoxy) is 2. The Morgan fingerprint density at radius 1 is 1.00 bits per heavy atom. The highest BCUT2D eigenvalue weighted by Crippen LogP contribution is 2.25. The Bertz CT molecular complexity index is 1050. The lowest BCUT2D eigenvalue weighted by Crippen LogP contribution is -2.43. The predicted octanol–water partition coefficient (Wildman–Crippen LogP) is 3.92. The van der Waals surface area contributed by atoms with Gasteiger partial charge in [0.05, 0.1) is 12.7 Å². The van der Waals surface area contributed by atoms with Crippen LogP contribution in [-0.4, -0.2) is 23.1 Å². The van der Waals surface area contributed by atoms with Gasteiger partial charge in [-0.1, -0.05) is 6.07 Å². The van der Waals surface area contributed by atoms with E-state index in [9.17, 15) is 4.79 Å². The second-order valence-corrected chi connectivity index (χ2v) is 7.32. The van der Waals surface area contributed by atoms with E-state index in [0.29, 0.717) is 23.7 Å². The molecule has 0 atom stereocenters. The van der Waals surface area contributed by atoms with Gasteiger partial charge < -0.3 is 14.8 Å². The standard InChI is InChI=1S/C23H24N4O3S/c1-15-10-16(2)12-18(11-15)25-23(31)27-26-22(28)20-13-19(29-3)4-5-21(20)30-14-17-6-8-24-9-7-17/h4-13H,14H2,1-3H3,(H,26,28)(H2,25,27,31). The minimum atomic E-state index is -0.409. The van der Waals surface area contributed by atoms with E-state index in [1.807, 2.05) is 38.1 Å². The Morgan fingerprint density at radius 3 is 2.39 bits per heavy atom. The molecule has 7 nitrogen and oxygen atoms in total. The molecule has 0 fully saturated rings. The molecule has 2 aromatic carbocycles. The molecule has 0 aliphatic heterocycles. The van der Waals surface area contributed by atoms with Crippen molar-refractivity contribution in [3.05, 3.63) is 83.2 Å². The molecule has 0 saturated carbocycles. The second kappa shape index (κ2) is 10.4. The van der Waals surface area contributed by atoms with Gasteiger partial charge >= 0.3 is 0 Å². The largest absolute Gasteiger partial charge is 0.497 e. The third-order valence-corrected chi connectivity index (χ3v) is 4.55. The summed E-state index contributed by atoms with van der Waals surface area (Å²) in [5.74, 6) is 0.552. The molecule has 31 heavy (non-hydrogen) atoms. The van der Waals surface area contributed by atoms with E-state index >= 15 is 0 Å². The molecule has 0 unspecified atom stereocenters. The molecule has 1 amide bonds. The number of carbonyl (C=O) groups excluding carboxylic acids is 1. The molecule has 3 N–H and O–H groups in total. The van der Waals surface area contributed by atoms with Gasteiger partial charge in [-0.25, -0.2) is 0 Å². The van der Waals surface area contributed by atoms with Crippen LogP contribution in [0.25, 0.3) is 0 Å². The number of pyridine rings is 1. The van der Waals surface area contributed by atoms with Gasteiger partial charge in [0, 0.05) is 18.1 Å². The summed E-state index contributed by atoms with van der Waals surface area (Å²) in [5.41, 5.74) is 9.64. The van der Waals surface area contributed by atoms with Crippen LogP contribution in [0.1, 0.15) is 27.0 Å². The van der Waals surface area contributed by atoms with Crippen molar-refractivity contribution < 1.29 is 14.3 Å². The molecule has 3 aromatic rings. The van der Waals surface area contributed by atoms with Gasteiger partial charge in [0.2, 0.25) is 0 Å². The monoisotopic (exact) mass is 436 g/mol. The molecule has 8 heteroatoms. The second-order valence-electron chi connectivity index (χ2n) is 6.92. The van der Waals surface area contributed by atoms with Crippen LogP contribution in [0, 0.1) is 13.8 Å². The smallest absolute Gasteiger partial charge is 0.273 e. The summed E-state index contributed by atoms with van der Waals surface area (Å²) in [5, 5.41) is 3.32. The molecule has 0 saturated heterocycles. The Morgan fingerprint density at radius 2 is 1.71 bits per heavy atom. The highest BCUT2D eigenvalue weighted by atomic mass is 32.1. The van der Waals surface area contributed by atoms with Crippen molar-refractivity contribution in [3.63, 3.8) is 0 Å². The molecule has 1 heterocycles. The highest BCUT2D eigenvalue weighted by molar-refractivity contribution is 7.80. The molecule has 160 valence electrons. The lowest BCUT2D eigenvalue weighted by molar-refractivity contribution is 0.0939. The number of aryl methyl sites for hydroxylation is 2. The SMILES string of the molecule is COc1ccc(OCc2ccncc2)c(C(=O)NNC(=S)Nc2cc(C)cc(C)c2)c1. The number of hydrogen-bond acceptors (Lipinski definition) is 5. The van der Waals surface area contributed by atoms with Gasteiger partial charge in [0.1, 0.15) is 18.1 Å². The first-order valence-corrected chi connectivity index (χ1v) is 10.0. The van der Waals surface area contributed by atoms with E-state index in [4.69, 9.17) is 21.7 Å². The summed E-state index contributed by atoms with van der Waals surface area (Å²) < 4.78 is 11.1. The number of hydrazine groups is 1. The summed E-state index contributed by atoms with van der Waals surface area (Å²) in [6, 6.07) is 14.7. The van der Waals surface area contributed by atoms with Crippen LogP contribution in [0.15, 0.2) is 60.9 Å². The van der Waals surface area contributed by atoms with E-state index in [1.165, 1.54) is 7.11 Å². The first-order valence-electron chi connectivity index (χ1n) is 9.60. The molecule has 0 bridgehead atoms. The normalized spacial score (nSPS) is 10.2. The van der Waals surface area contributed by atoms with Crippen LogP contribution in [0.2, 0.25) is 0 Å². The summed E-state index contributed by atoms with van der Waals surface area (Å²) >= 11 is 5.29. The van der Waals surface area contributed by atoms with Gasteiger partial charge in [0.25, 0.3) is 5.91 Å². The lowest BCUT2D eigenvalue weighted by Gasteiger charge is -2.15. The number of anilines is 1. The van der Waals surface area contributed by atoms with Crippen molar-refractivity contribution in [3.8, 4) is 11.5 Å². The van der Waals surface area contributed by atoms with Crippen LogP contribution in [0.5, 0.6) is 11.5 Å². The van der Waals surface area contributed by atoms with Crippen LogP contribution < -0.4 is 25.6 Å². The van der Waals surface area contributed by atoms with E-state index in [0.717, 1.165) is 22.4 Å². The van der Waals surface area contributed by atoms with Gasteiger partial charge in [-0.2, -0.15) is 0 Å². The van der Waals surface area contributed by atoms with Crippen LogP contribution >= 0.6 is 12.2 Å². The molecule has 3 rings (SSSR count). The van der Waals surface area contributed by atoms with E-state index in [2.05, 4.69) is 27.2 Å². The number of amides is 1. The zero-order valence-corrected chi connectivity index (χ0v) is 18.4. The zero-order chi connectivity index (χ0) is 22.2. The number of carbonyl (C=O) groups is 1. The summed E-state index contributed by atoms with van der Waals surface area (Å²) in [6.45, 7) is 4.31. The Balaban J connectivity index is 1.65. The number of methoxy groups -OCH3 is 1. The van der Waals surface area contributed by atoms with Gasteiger partial charge in [-0.3, -0.25) is 20.6 Å². The van der Waals surface area contributed by atoms with Crippen molar-refractivity contribution in [2.45, 2.75) is 20.5 Å². The van der Waals surface area contributed by atoms with Crippen LogP contribution in [0.4, 0.5) is 5.69 Å². The maximum Gasteiger partial charge on any atom is 0.273 e. The highest BCUT2D eigenvalue weighted by Gasteiger charge is 2.15. The fraction of sp³-hybridized carbons (Fsp3) is 0.174. The minimum Gasteiger partial charge on any atom is -0.497 e. The van der Waals surface area contributed by atoms with Gasteiger partial charge in [0.15, 0.2) is 5.11 Å².